The molecular weight excluding hydrogens is 250 g/mol. The quantitative estimate of drug-likeness (QED) is 0.756. The van der Waals surface area contributed by atoms with Crippen LogP contribution in [0.3, 0.4) is 0 Å². The van der Waals surface area contributed by atoms with E-state index in [4.69, 9.17) is 0 Å². The van der Waals surface area contributed by atoms with E-state index < -0.39 is 0 Å². The van der Waals surface area contributed by atoms with Gasteiger partial charge in [0.05, 0.1) is 11.1 Å². The maximum atomic E-state index is 11.3. The molecule has 0 amide bonds. The Labute approximate surface area is 120 Å². The molecule has 0 radical (unpaired) electrons. The van der Waals surface area contributed by atoms with Gasteiger partial charge < -0.3 is 9.80 Å². The van der Waals surface area contributed by atoms with E-state index in [1.54, 1.807) is 0 Å². The third kappa shape index (κ3) is 3.33. The fraction of sp³-hybridized carbons (Fsp3) is 0.375. The summed E-state index contributed by atoms with van der Waals surface area (Å²) in [6, 6.07) is 9.78. The van der Waals surface area contributed by atoms with E-state index in [1.165, 1.54) is 0 Å². The predicted molar refractivity (Wildman–Crippen MR) is 83.6 cm³/mol. The normalized spacial score (nSPS) is 11.0. The van der Waals surface area contributed by atoms with Gasteiger partial charge in [0.15, 0.2) is 6.29 Å². The average Bonchev–Trinajstić information content (AvgIpc) is 2.45. The van der Waals surface area contributed by atoms with Crippen LogP contribution in [-0.4, -0.2) is 50.4 Å². The van der Waals surface area contributed by atoms with E-state index in [2.05, 4.69) is 28.9 Å². The molecule has 0 unspecified atom stereocenters. The van der Waals surface area contributed by atoms with Crippen molar-refractivity contribution in [3.05, 3.63) is 35.9 Å². The molecule has 1 aromatic heterocycles. The van der Waals surface area contributed by atoms with Gasteiger partial charge in [-0.05, 0) is 39.2 Å². The number of para-hydroxylation sites is 1. The minimum absolute atomic E-state index is 0.649. The van der Waals surface area contributed by atoms with E-state index in [0.29, 0.717) is 5.56 Å². The van der Waals surface area contributed by atoms with E-state index >= 15 is 0 Å². The number of aromatic nitrogens is 1. The van der Waals surface area contributed by atoms with Gasteiger partial charge in [-0.2, -0.15) is 0 Å². The van der Waals surface area contributed by atoms with Gasteiger partial charge in [-0.15, -0.1) is 0 Å². The van der Waals surface area contributed by atoms with Gasteiger partial charge in [-0.1, -0.05) is 18.2 Å². The third-order valence-electron chi connectivity index (χ3n) is 3.32. The number of carbonyl (C=O) groups excluding carboxylic acids is 1. The molecule has 1 aromatic carbocycles. The number of benzene rings is 1. The molecule has 0 bridgehead atoms. The molecule has 20 heavy (non-hydrogen) atoms. The first kappa shape index (κ1) is 14.5. The zero-order valence-corrected chi connectivity index (χ0v) is 12.3. The van der Waals surface area contributed by atoms with Crippen molar-refractivity contribution in [1.29, 1.82) is 0 Å². The number of pyridine rings is 1. The summed E-state index contributed by atoms with van der Waals surface area (Å²) in [5.74, 6) is 0.762. The first-order chi connectivity index (χ1) is 9.61. The lowest BCUT2D eigenvalue weighted by atomic mass is 10.1. The Hall–Kier alpha value is -1.94. The van der Waals surface area contributed by atoms with Gasteiger partial charge in [-0.3, -0.25) is 4.79 Å². The van der Waals surface area contributed by atoms with Crippen LogP contribution in [0.15, 0.2) is 30.3 Å². The highest BCUT2D eigenvalue weighted by Crippen LogP contribution is 2.21. The van der Waals surface area contributed by atoms with Crippen LogP contribution in [0, 0.1) is 0 Å². The first-order valence-corrected chi connectivity index (χ1v) is 6.82. The number of aldehydes is 1. The second-order valence-electron chi connectivity index (χ2n) is 5.29. The summed E-state index contributed by atoms with van der Waals surface area (Å²) >= 11 is 0. The van der Waals surface area contributed by atoms with Crippen LogP contribution >= 0.6 is 0 Å². The zero-order chi connectivity index (χ0) is 14.5. The zero-order valence-electron chi connectivity index (χ0n) is 12.3. The van der Waals surface area contributed by atoms with Crippen molar-refractivity contribution in [3.63, 3.8) is 0 Å². The lowest BCUT2D eigenvalue weighted by Crippen LogP contribution is -2.25. The summed E-state index contributed by atoms with van der Waals surface area (Å²) < 4.78 is 0. The maximum Gasteiger partial charge on any atom is 0.153 e. The summed E-state index contributed by atoms with van der Waals surface area (Å²) in [5.41, 5.74) is 1.57. The summed E-state index contributed by atoms with van der Waals surface area (Å²) in [6.45, 7) is 1.90. The highest BCUT2D eigenvalue weighted by Gasteiger charge is 2.10. The molecule has 106 valence electrons. The number of hydrogen-bond donors (Lipinski definition) is 0. The number of nitrogens with zero attached hydrogens (tertiary/aromatic N) is 3. The minimum atomic E-state index is 0.649. The molecule has 0 atom stereocenters. The van der Waals surface area contributed by atoms with Crippen molar-refractivity contribution in [1.82, 2.24) is 9.88 Å². The molecule has 0 saturated carbocycles. The van der Waals surface area contributed by atoms with Crippen LogP contribution in [0.4, 0.5) is 5.82 Å². The maximum absolute atomic E-state index is 11.3. The van der Waals surface area contributed by atoms with Crippen molar-refractivity contribution in [2.24, 2.45) is 0 Å². The highest BCUT2D eigenvalue weighted by molar-refractivity contribution is 5.91. The molecule has 4 heteroatoms. The van der Waals surface area contributed by atoms with E-state index in [9.17, 15) is 4.79 Å². The molecule has 0 aliphatic rings. The van der Waals surface area contributed by atoms with Crippen LogP contribution in [0.25, 0.3) is 10.9 Å². The Morgan fingerprint density at radius 2 is 1.90 bits per heavy atom. The largest absolute Gasteiger partial charge is 0.359 e. The summed E-state index contributed by atoms with van der Waals surface area (Å²) in [6.07, 6.45) is 1.92. The Bertz CT molecular complexity index is 595. The van der Waals surface area contributed by atoms with Crippen molar-refractivity contribution >= 4 is 23.0 Å². The van der Waals surface area contributed by atoms with Gasteiger partial charge >= 0.3 is 0 Å². The molecule has 4 nitrogen and oxygen atoms in total. The lowest BCUT2D eigenvalue weighted by molar-refractivity contribution is 0.112. The van der Waals surface area contributed by atoms with Crippen LogP contribution < -0.4 is 4.90 Å². The standard InChI is InChI=1S/C16H21N3O/c1-18(2)9-6-10-19(3)16-14(12-20)11-13-7-4-5-8-15(13)17-16/h4-5,7-8,11-12H,6,9-10H2,1-3H3. The van der Waals surface area contributed by atoms with Gasteiger partial charge in [-0.25, -0.2) is 4.98 Å². The summed E-state index contributed by atoms with van der Waals surface area (Å²) in [4.78, 5) is 20.1. The Balaban J connectivity index is 2.25. The Kier molecular flexibility index (Phi) is 4.69. The fourth-order valence-electron chi connectivity index (χ4n) is 2.24. The Morgan fingerprint density at radius 1 is 1.15 bits per heavy atom. The first-order valence-electron chi connectivity index (χ1n) is 6.82. The average molecular weight is 271 g/mol. The molecule has 0 spiro atoms. The SMILES string of the molecule is CN(C)CCCN(C)c1nc2ccccc2cc1C=O. The van der Waals surface area contributed by atoms with Crippen LogP contribution in [0.2, 0.25) is 0 Å². The van der Waals surface area contributed by atoms with Crippen LogP contribution in [0.1, 0.15) is 16.8 Å². The smallest absolute Gasteiger partial charge is 0.153 e. The molecule has 0 N–H and O–H groups in total. The van der Waals surface area contributed by atoms with Crippen molar-refractivity contribution < 1.29 is 4.79 Å². The molecule has 0 fully saturated rings. The predicted octanol–water partition coefficient (Wildman–Crippen LogP) is 2.44. The monoisotopic (exact) mass is 271 g/mol. The highest BCUT2D eigenvalue weighted by atomic mass is 16.1. The molecule has 2 aromatic rings. The second-order valence-corrected chi connectivity index (χ2v) is 5.29. The minimum Gasteiger partial charge on any atom is -0.359 e. The molecule has 0 saturated heterocycles. The van der Waals surface area contributed by atoms with E-state index in [-0.39, 0.29) is 0 Å². The number of hydrogen-bond acceptors (Lipinski definition) is 4. The van der Waals surface area contributed by atoms with E-state index in [1.807, 2.05) is 37.4 Å². The second kappa shape index (κ2) is 6.48. The number of fused-ring (bicyclic) bond motifs is 1. The van der Waals surface area contributed by atoms with Gasteiger partial charge in [0.2, 0.25) is 0 Å². The van der Waals surface area contributed by atoms with Crippen molar-refractivity contribution in [2.45, 2.75) is 6.42 Å². The molecule has 0 aliphatic heterocycles. The van der Waals surface area contributed by atoms with Gasteiger partial charge in [0.1, 0.15) is 5.82 Å². The lowest BCUT2D eigenvalue weighted by Gasteiger charge is -2.21. The summed E-state index contributed by atoms with van der Waals surface area (Å²) in [5, 5.41) is 1.00. The summed E-state index contributed by atoms with van der Waals surface area (Å²) in [7, 11) is 6.11. The Morgan fingerprint density at radius 3 is 2.60 bits per heavy atom. The molecule has 2 rings (SSSR count). The van der Waals surface area contributed by atoms with Crippen LogP contribution in [-0.2, 0) is 0 Å². The molecule has 1 heterocycles. The number of rotatable bonds is 6. The van der Waals surface area contributed by atoms with Crippen LogP contribution in [0.5, 0.6) is 0 Å². The molecular formula is C16H21N3O. The third-order valence-corrected chi connectivity index (χ3v) is 3.32. The topological polar surface area (TPSA) is 36.4 Å². The van der Waals surface area contributed by atoms with Gasteiger partial charge in [0.25, 0.3) is 0 Å². The number of carbonyl (C=O) groups is 1. The van der Waals surface area contributed by atoms with Gasteiger partial charge in [0, 0.05) is 19.0 Å². The molecule has 0 aliphatic carbocycles. The van der Waals surface area contributed by atoms with E-state index in [0.717, 1.165) is 42.5 Å². The van der Waals surface area contributed by atoms with Crippen molar-refractivity contribution in [3.8, 4) is 0 Å². The van der Waals surface area contributed by atoms with Crippen molar-refractivity contribution in [2.75, 3.05) is 39.1 Å². The number of anilines is 1. The fourth-order valence-corrected chi connectivity index (χ4v) is 2.24.